The first-order valence-corrected chi connectivity index (χ1v) is 9.51. The second-order valence-electron chi connectivity index (χ2n) is 5.59. The first-order chi connectivity index (χ1) is 13.5. The van der Waals surface area contributed by atoms with E-state index in [1.54, 1.807) is 0 Å². The minimum absolute atomic E-state index is 0.0765. The quantitative estimate of drug-likeness (QED) is 0.634. The van der Waals surface area contributed by atoms with Crippen molar-refractivity contribution in [3.05, 3.63) is 53.5 Å². The fourth-order valence-electron chi connectivity index (χ4n) is 2.10. The van der Waals surface area contributed by atoms with Gasteiger partial charge in [-0.15, -0.1) is 0 Å². The van der Waals surface area contributed by atoms with Gasteiger partial charge in [0.1, 0.15) is 12.4 Å². The number of furan rings is 1. The zero-order chi connectivity index (χ0) is 21.7. The zero-order valence-corrected chi connectivity index (χ0v) is 15.8. The summed E-state index contributed by atoms with van der Waals surface area (Å²) in [6, 6.07) is 5.95. The summed E-state index contributed by atoms with van der Waals surface area (Å²) in [4.78, 5) is 22.3. The maximum atomic E-state index is 12.7. The minimum Gasteiger partial charge on any atom is -0.463 e. The van der Waals surface area contributed by atoms with Crippen LogP contribution in [0.5, 0.6) is 0 Å². The third-order valence-electron chi connectivity index (χ3n) is 3.52. The molecule has 1 aromatic carbocycles. The van der Waals surface area contributed by atoms with E-state index in [2.05, 4.69) is 4.74 Å². The molecule has 0 spiro atoms. The Kier molecular flexibility index (Phi) is 7.03. The highest BCUT2D eigenvalue weighted by Gasteiger charge is 2.31. The number of ether oxygens (including phenoxy) is 2. The molecule has 0 atom stereocenters. The molecule has 29 heavy (non-hydrogen) atoms. The molecule has 0 aliphatic rings. The number of nitrogens with one attached hydrogen (secondary N) is 1. The standard InChI is InChI=1S/C17H16F3NO7S/c1-26-16(23)14-6-5-12(28-14)10-27-15(22)7-8-21-29(24,25)13-4-2-3-11(9-13)17(18,19)20/h2-6,9,21H,7-8,10H2,1H3. The molecule has 0 unspecified atom stereocenters. The van der Waals surface area contributed by atoms with Crippen molar-refractivity contribution in [2.45, 2.75) is 24.1 Å². The highest BCUT2D eigenvalue weighted by Crippen LogP contribution is 2.30. The normalized spacial score (nSPS) is 11.9. The lowest BCUT2D eigenvalue weighted by Gasteiger charge is -2.10. The number of benzene rings is 1. The van der Waals surface area contributed by atoms with Gasteiger partial charge in [-0.25, -0.2) is 17.9 Å². The van der Waals surface area contributed by atoms with Crippen LogP contribution in [-0.4, -0.2) is 34.0 Å². The Balaban J connectivity index is 1.85. The molecule has 0 bridgehead atoms. The van der Waals surface area contributed by atoms with Crippen LogP contribution in [0.1, 0.15) is 28.3 Å². The smallest absolute Gasteiger partial charge is 0.416 e. The molecule has 1 N–H and O–H groups in total. The summed E-state index contributed by atoms with van der Waals surface area (Å²) in [5.74, 6) is -1.39. The van der Waals surface area contributed by atoms with Gasteiger partial charge in [0, 0.05) is 6.54 Å². The SMILES string of the molecule is COC(=O)c1ccc(COC(=O)CCNS(=O)(=O)c2cccc(C(F)(F)F)c2)o1. The molecule has 0 aliphatic carbocycles. The molecule has 1 heterocycles. The molecule has 1 aromatic heterocycles. The van der Waals surface area contributed by atoms with Crippen molar-refractivity contribution in [3.63, 3.8) is 0 Å². The largest absolute Gasteiger partial charge is 0.463 e. The topological polar surface area (TPSA) is 112 Å². The Morgan fingerprint density at radius 1 is 1.17 bits per heavy atom. The molecule has 0 fully saturated rings. The maximum Gasteiger partial charge on any atom is 0.416 e. The van der Waals surface area contributed by atoms with Crippen LogP contribution in [0, 0.1) is 0 Å². The van der Waals surface area contributed by atoms with Gasteiger partial charge in [0.15, 0.2) is 0 Å². The van der Waals surface area contributed by atoms with Crippen LogP contribution in [0.2, 0.25) is 0 Å². The predicted octanol–water partition coefficient (Wildman–Crippen LogP) is 2.50. The van der Waals surface area contributed by atoms with Crippen molar-refractivity contribution in [3.8, 4) is 0 Å². The van der Waals surface area contributed by atoms with Gasteiger partial charge in [0.25, 0.3) is 0 Å². The average Bonchev–Trinajstić information content (AvgIpc) is 3.14. The van der Waals surface area contributed by atoms with Crippen LogP contribution >= 0.6 is 0 Å². The lowest BCUT2D eigenvalue weighted by atomic mass is 10.2. The van der Waals surface area contributed by atoms with Crippen molar-refractivity contribution in [1.29, 1.82) is 0 Å². The first kappa shape index (κ1) is 22.4. The number of hydrogen-bond donors (Lipinski definition) is 1. The summed E-state index contributed by atoms with van der Waals surface area (Å²) in [7, 11) is -3.07. The van der Waals surface area contributed by atoms with Gasteiger partial charge in [0.05, 0.1) is 24.0 Å². The average molecular weight is 435 g/mol. The molecule has 0 saturated heterocycles. The fourth-order valence-corrected chi connectivity index (χ4v) is 3.18. The van der Waals surface area contributed by atoms with Crippen LogP contribution in [0.4, 0.5) is 13.2 Å². The van der Waals surface area contributed by atoms with Crippen LogP contribution < -0.4 is 4.72 Å². The number of carbonyl (C=O) groups is 2. The number of rotatable bonds is 8. The van der Waals surface area contributed by atoms with E-state index in [0.717, 1.165) is 18.2 Å². The number of sulfonamides is 1. The third-order valence-corrected chi connectivity index (χ3v) is 4.98. The van der Waals surface area contributed by atoms with Gasteiger partial charge in [-0.2, -0.15) is 13.2 Å². The minimum atomic E-state index is -4.69. The molecular formula is C17H16F3NO7S. The molecule has 2 rings (SSSR count). The molecule has 158 valence electrons. The number of alkyl halides is 3. The van der Waals surface area contributed by atoms with E-state index in [1.807, 2.05) is 4.72 Å². The second-order valence-corrected chi connectivity index (χ2v) is 7.36. The predicted molar refractivity (Wildman–Crippen MR) is 91.1 cm³/mol. The molecule has 0 saturated carbocycles. The first-order valence-electron chi connectivity index (χ1n) is 8.02. The van der Waals surface area contributed by atoms with Gasteiger partial charge >= 0.3 is 18.1 Å². The monoisotopic (exact) mass is 435 g/mol. The van der Waals surface area contributed by atoms with Crippen LogP contribution in [-0.2, 0) is 37.1 Å². The van der Waals surface area contributed by atoms with E-state index in [1.165, 1.54) is 19.2 Å². The molecule has 0 radical (unpaired) electrons. The van der Waals surface area contributed by atoms with Gasteiger partial charge < -0.3 is 13.9 Å². The maximum absolute atomic E-state index is 12.7. The van der Waals surface area contributed by atoms with Gasteiger partial charge in [-0.05, 0) is 30.3 Å². The van der Waals surface area contributed by atoms with Gasteiger partial charge in [0.2, 0.25) is 15.8 Å². The van der Waals surface area contributed by atoms with Crippen molar-refractivity contribution >= 4 is 22.0 Å². The molecule has 2 aromatic rings. The number of carbonyl (C=O) groups excluding carboxylic acids is 2. The Morgan fingerprint density at radius 2 is 1.90 bits per heavy atom. The van der Waals surface area contributed by atoms with E-state index < -0.39 is 38.6 Å². The number of halogens is 3. The van der Waals surface area contributed by atoms with Crippen molar-refractivity contribution in [1.82, 2.24) is 4.72 Å². The van der Waals surface area contributed by atoms with Crippen molar-refractivity contribution in [2.75, 3.05) is 13.7 Å². The summed E-state index contributed by atoms with van der Waals surface area (Å²) in [5.41, 5.74) is -1.11. The summed E-state index contributed by atoms with van der Waals surface area (Å²) in [5, 5.41) is 0. The Hall–Kier alpha value is -2.86. The van der Waals surface area contributed by atoms with Gasteiger partial charge in [-0.1, -0.05) is 6.07 Å². The zero-order valence-electron chi connectivity index (χ0n) is 15.0. The van der Waals surface area contributed by atoms with E-state index in [4.69, 9.17) is 9.15 Å². The highest BCUT2D eigenvalue weighted by molar-refractivity contribution is 7.89. The molecule has 12 heteroatoms. The Bertz CT molecular complexity index is 983. The third kappa shape index (κ3) is 6.32. The summed E-state index contributed by atoms with van der Waals surface area (Å²) in [6.07, 6.45) is -5.06. The number of methoxy groups -OCH3 is 1. The summed E-state index contributed by atoms with van der Waals surface area (Å²) < 4.78 is 78.7. The lowest BCUT2D eigenvalue weighted by Crippen LogP contribution is -2.27. The van der Waals surface area contributed by atoms with E-state index in [9.17, 15) is 31.2 Å². The molecular weight excluding hydrogens is 419 g/mol. The molecule has 0 aliphatic heterocycles. The molecule has 0 amide bonds. The van der Waals surface area contributed by atoms with E-state index >= 15 is 0 Å². The van der Waals surface area contributed by atoms with Crippen LogP contribution in [0.3, 0.4) is 0 Å². The summed E-state index contributed by atoms with van der Waals surface area (Å²) >= 11 is 0. The number of esters is 2. The summed E-state index contributed by atoms with van der Waals surface area (Å²) in [6.45, 7) is -0.681. The fraction of sp³-hybridized carbons (Fsp3) is 0.294. The number of hydrogen-bond acceptors (Lipinski definition) is 7. The Morgan fingerprint density at radius 3 is 2.55 bits per heavy atom. The van der Waals surface area contributed by atoms with E-state index in [-0.39, 0.29) is 31.1 Å². The van der Waals surface area contributed by atoms with Crippen LogP contribution in [0.15, 0.2) is 45.7 Å². The Labute approximate surface area is 163 Å². The molecule has 8 nitrogen and oxygen atoms in total. The van der Waals surface area contributed by atoms with Crippen molar-refractivity contribution in [2.24, 2.45) is 0 Å². The van der Waals surface area contributed by atoms with Crippen molar-refractivity contribution < 1.29 is 45.1 Å². The van der Waals surface area contributed by atoms with Gasteiger partial charge in [-0.3, -0.25) is 4.79 Å². The lowest BCUT2D eigenvalue weighted by molar-refractivity contribution is -0.145. The van der Waals surface area contributed by atoms with Crippen LogP contribution in [0.25, 0.3) is 0 Å². The second kappa shape index (κ2) is 9.09. The van der Waals surface area contributed by atoms with E-state index in [0.29, 0.717) is 6.07 Å². The highest BCUT2D eigenvalue weighted by atomic mass is 32.2.